The number of amides is 1. The zero-order chi connectivity index (χ0) is 24.6. The van der Waals surface area contributed by atoms with Crippen LogP contribution in [0.15, 0.2) is 48.7 Å². The second kappa shape index (κ2) is 8.44. The number of nitro groups is 1. The van der Waals surface area contributed by atoms with Crippen molar-refractivity contribution in [1.82, 2.24) is 15.2 Å². The van der Waals surface area contributed by atoms with Crippen LogP contribution in [0.5, 0.6) is 0 Å². The zero-order valence-corrected chi connectivity index (χ0v) is 16.5. The van der Waals surface area contributed by atoms with Gasteiger partial charge in [0.1, 0.15) is 5.69 Å². The summed E-state index contributed by atoms with van der Waals surface area (Å²) in [6.07, 6.45) is -8.33. The Hall–Kier alpha value is -4.10. The van der Waals surface area contributed by atoms with E-state index in [9.17, 15) is 41.3 Å². The van der Waals surface area contributed by atoms with Gasteiger partial charge in [-0.05, 0) is 37.3 Å². The molecule has 8 nitrogen and oxygen atoms in total. The highest BCUT2D eigenvalue weighted by atomic mass is 19.4. The third-order valence-electron chi connectivity index (χ3n) is 4.50. The summed E-state index contributed by atoms with van der Waals surface area (Å²) in [5.74, 6) is -0.875. The second-order valence-electron chi connectivity index (χ2n) is 6.67. The monoisotopic (exact) mass is 473 g/mol. The lowest BCUT2D eigenvalue weighted by molar-refractivity contribution is -0.384. The molecule has 0 aliphatic carbocycles. The summed E-state index contributed by atoms with van der Waals surface area (Å²) >= 11 is 0. The molecule has 1 amide bonds. The summed E-state index contributed by atoms with van der Waals surface area (Å²) in [7, 11) is 0. The highest BCUT2D eigenvalue weighted by molar-refractivity contribution is 5.96. The molecule has 0 fully saturated rings. The fourth-order valence-electron chi connectivity index (χ4n) is 2.86. The van der Waals surface area contributed by atoms with Gasteiger partial charge in [-0.25, -0.2) is 4.68 Å². The summed E-state index contributed by atoms with van der Waals surface area (Å²) in [4.78, 5) is 22.5. The fourth-order valence-corrected chi connectivity index (χ4v) is 2.86. The maximum Gasteiger partial charge on any atom is 0.416 e. The molecule has 0 aliphatic heterocycles. The number of hydrogen-bond acceptors (Lipinski definition) is 5. The first-order valence-corrected chi connectivity index (χ1v) is 8.93. The number of nitrogens with one attached hydrogen (secondary N) is 2. The summed E-state index contributed by atoms with van der Waals surface area (Å²) in [5.41, 5.74) is 0.872. The smallest absolute Gasteiger partial charge is 0.292 e. The topological polar surface area (TPSA) is 102 Å². The van der Waals surface area contributed by atoms with Gasteiger partial charge in [-0.2, -0.15) is 31.4 Å². The van der Waals surface area contributed by atoms with Crippen molar-refractivity contribution in [3.63, 3.8) is 0 Å². The van der Waals surface area contributed by atoms with Crippen molar-refractivity contribution in [2.75, 3.05) is 5.43 Å². The molecule has 0 aliphatic rings. The van der Waals surface area contributed by atoms with Gasteiger partial charge in [0, 0.05) is 6.07 Å². The van der Waals surface area contributed by atoms with Gasteiger partial charge in [0.2, 0.25) is 0 Å². The number of aromatic nitrogens is 2. The Morgan fingerprint density at radius 2 is 1.67 bits per heavy atom. The summed E-state index contributed by atoms with van der Waals surface area (Å²) in [6.45, 7) is 1.41. The van der Waals surface area contributed by atoms with E-state index in [0.29, 0.717) is 12.1 Å². The molecule has 0 saturated carbocycles. The molecule has 3 aromatic rings. The van der Waals surface area contributed by atoms with Crippen molar-refractivity contribution in [2.24, 2.45) is 0 Å². The zero-order valence-electron chi connectivity index (χ0n) is 16.5. The van der Waals surface area contributed by atoms with Gasteiger partial charge in [0.15, 0.2) is 0 Å². The minimum absolute atomic E-state index is 0.0349. The first-order chi connectivity index (χ1) is 15.3. The van der Waals surface area contributed by atoms with Crippen molar-refractivity contribution in [3.8, 4) is 5.69 Å². The van der Waals surface area contributed by atoms with Gasteiger partial charge in [-0.15, -0.1) is 0 Å². The maximum atomic E-state index is 12.9. The average molecular weight is 473 g/mol. The van der Waals surface area contributed by atoms with Crippen LogP contribution in [0.3, 0.4) is 0 Å². The van der Waals surface area contributed by atoms with Gasteiger partial charge in [0.05, 0.1) is 39.2 Å². The van der Waals surface area contributed by atoms with Gasteiger partial charge >= 0.3 is 12.4 Å². The largest absolute Gasteiger partial charge is 0.416 e. The molecule has 2 N–H and O–H groups in total. The van der Waals surface area contributed by atoms with Crippen LogP contribution in [0.1, 0.15) is 27.2 Å². The lowest BCUT2D eigenvalue weighted by Crippen LogP contribution is -2.30. The maximum absolute atomic E-state index is 12.9. The standard InChI is InChI=1S/C19H13F6N5O3/c1-10-14(9-26-29(10)13-4-2-3-11(7-13)18(20,21)22)17(31)28-27-15-6-5-12(19(23,24)25)8-16(15)30(32)33/h2-9,27H,1H3,(H,28,31). The van der Waals surface area contributed by atoms with E-state index < -0.39 is 45.7 Å². The van der Waals surface area contributed by atoms with E-state index in [-0.39, 0.29) is 16.9 Å². The molecule has 0 unspecified atom stereocenters. The number of alkyl halides is 6. The number of anilines is 1. The molecule has 174 valence electrons. The van der Waals surface area contributed by atoms with Crippen molar-refractivity contribution in [2.45, 2.75) is 19.3 Å². The average Bonchev–Trinajstić information content (AvgIpc) is 3.12. The fraction of sp³-hybridized carbons (Fsp3) is 0.158. The number of carbonyl (C=O) groups is 1. The predicted molar refractivity (Wildman–Crippen MR) is 102 cm³/mol. The molecule has 3 rings (SSSR count). The van der Waals surface area contributed by atoms with E-state index >= 15 is 0 Å². The number of carbonyl (C=O) groups excluding carboxylic acids is 1. The van der Waals surface area contributed by atoms with Crippen LogP contribution < -0.4 is 10.9 Å². The molecule has 1 heterocycles. The number of hydrogen-bond donors (Lipinski definition) is 2. The van der Waals surface area contributed by atoms with Crippen LogP contribution in [0.2, 0.25) is 0 Å². The molecule has 2 aromatic carbocycles. The van der Waals surface area contributed by atoms with Gasteiger partial charge in [-0.1, -0.05) is 6.07 Å². The third kappa shape index (κ3) is 5.05. The normalized spacial score (nSPS) is 11.8. The SMILES string of the molecule is Cc1c(C(=O)NNc2ccc(C(F)(F)F)cc2[N+](=O)[O-])cnn1-c1cccc(C(F)(F)F)c1. The number of nitro benzene ring substituents is 1. The Morgan fingerprint density at radius 1 is 1.03 bits per heavy atom. The molecule has 33 heavy (non-hydrogen) atoms. The van der Waals surface area contributed by atoms with E-state index in [1.54, 1.807) is 0 Å². The Kier molecular flexibility index (Phi) is 6.03. The number of nitrogens with zero attached hydrogens (tertiary/aromatic N) is 3. The van der Waals surface area contributed by atoms with Gasteiger partial charge < -0.3 is 0 Å². The molecular formula is C19H13F6N5O3. The highest BCUT2D eigenvalue weighted by Gasteiger charge is 2.33. The molecule has 1 aromatic heterocycles. The highest BCUT2D eigenvalue weighted by Crippen LogP contribution is 2.35. The van der Waals surface area contributed by atoms with E-state index in [2.05, 4.69) is 16.0 Å². The minimum Gasteiger partial charge on any atom is -0.292 e. The molecule has 0 atom stereocenters. The van der Waals surface area contributed by atoms with Gasteiger partial charge in [0.25, 0.3) is 11.6 Å². The third-order valence-corrected chi connectivity index (χ3v) is 4.50. The van der Waals surface area contributed by atoms with Crippen molar-refractivity contribution in [3.05, 3.63) is 81.2 Å². The predicted octanol–water partition coefficient (Wildman–Crippen LogP) is 4.88. The summed E-state index contributed by atoms with van der Waals surface area (Å²) in [5, 5.41) is 15.0. The molecular weight excluding hydrogens is 460 g/mol. The number of benzene rings is 2. The van der Waals surface area contributed by atoms with E-state index in [1.165, 1.54) is 19.1 Å². The molecule has 0 spiro atoms. The lowest BCUT2D eigenvalue weighted by Gasteiger charge is -2.12. The first-order valence-electron chi connectivity index (χ1n) is 8.93. The quantitative estimate of drug-likeness (QED) is 0.312. The molecule has 14 heteroatoms. The Labute approximate surface area is 180 Å². The Morgan fingerprint density at radius 3 is 2.27 bits per heavy atom. The minimum atomic E-state index is -4.80. The second-order valence-corrected chi connectivity index (χ2v) is 6.67. The van der Waals surface area contributed by atoms with Crippen molar-refractivity contribution >= 4 is 17.3 Å². The number of halogens is 6. The molecule has 0 radical (unpaired) electrons. The first kappa shape index (κ1) is 23.6. The van der Waals surface area contributed by atoms with Crippen LogP contribution in [0, 0.1) is 17.0 Å². The Bertz CT molecular complexity index is 1220. The van der Waals surface area contributed by atoms with Crippen molar-refractivity contribution in [1.29, 1.82) is 0 Å². The van der Waals surface area contributed by atoms with Crippen LogP contribution >= 0.6 is 0 Å². The van der Waals surface area contributed by atoms with Crippen LogP contribution in [-0.4, -0.2) is 20.6 Å². The number of rotatable bonds is 5. The van der Waals surface area contributed by atoms with Crippen LogP contribution in [0.4, 0.5) is 37.7 Å². The lowest BCUT2D eigenvalue weighted by atomic mass is 10.1. The Balaban J connectivity index is 1.82. The van der Waals surface area contributed by atoms with Crippen molar-refractivity contribution < 1.29 is 36.1 Å². The molecule has 0 saturated heterocycles. The molecule has 0 bridgehead atoms. The van der Waals surface area contributed by atoms with Gasteiger partial charge in [-0.3, -0.25) is 25.8 Å². The summed E-state index contributed by atoms with van der Waals surface area (Å²) < 4.78 is 78.3. The van der Waals surface area contributed by atoms with Crippen LogP contribution in [0.25, 0.3) is 5.69 Å². The van der Waals surface area contributed by atoms with E-state index in [4.69, 9.17) is 0 Å². The van der Waals surface area contributed by atoms with E-state index in [0.717, 1.165) is 29.1 Å². The summed E-state index contributed by atoms with van der Waals surface area (Å²) in [6, 6.07) is 5.91. The van der Waals surface area contributed by atoms with E-state index in [1.807, 2.05) is 0 Å². The number of hydrazine groups is 1. The van der Waals surface area contributed by atoms with Crippen LogP contribution in [-0.2, 0) is 12.4 Å².